The lowest BCUT2D eigenvalue weighted by atomic mass is 9.83. The van der Waals surface area contributed by atoms with E-state index in [-0.39, 0.29) is 17.6 Å². The summed E-state index contributed by atoms with van der Waals surface area (Å²) < 4.78 is 7.74. The monoisotopic (exact) mass is 254 g/mol. The van der Waals surface area contributed by atoms with Gasteiger partial charge in [-0.2, -0.15) is 5.10 Å². The molecular weight excluding hydrogens is 228 g/mol. The predicted molar refractivity (Wildman–Crippen MR) is 72.4 cm³/mol. The third kappa shape index (κ3) is 3.78. The molecule has 18 heavy (non-hydrogen) atoms. The molecule has 0 amide bonds. The Bertz CT molecular complexity index is 356. The Morgan fingerprint density at radius 1 is 1.44 bits per heavy atom. The maximum atomic E-state index is 5.93. The number of hydrogen-bond acceptors (Lipinski definition) is 4. The Morgan fingerprint density at radius 2 is 2.11 bits per heavy atom. The number of nitrogens with one attached hydrogen (secondary N) is 1. The molecule has 0 saturated carbocycles. The van der Waals surface area contributed by atoms with E-state index in [1.807, 2.05) is 25.7 Å². The number of hydrogen-bond donors (Lipinski definition) is 1. The zero-order valence-electron chi connectivity index (χ0n) is 12.4. The molecule has 0 fully saturated rings. The molecule has 5 nitrogen and oxygen atoms in total. The van der Waals surface area contributed by atoms with E-state index in [9.17, 15) is 0 Å². The standard InChI is InChI=1S/C13H26N4O/c1-7-18-12(13(2,3)4)10(14-5)8-11-15-9-16-17(11)6/h9-10,12,14H,7-8H2,1-6H3. The van der Waals surface area contributed by atoms with Crippen molar-refractivity contribution in [2.75, 3.05) is 13.7 Å². The predicted octanol–water partition coefficient (Wildman–Crippen LogP) is 1.40. The number of rotatable bonds is 6. The van der Waals surface area contributed by atoms with Gasteiger partial charge in [0, 0.05) is 26.1 Å². The summed E-state index contributed by atoms with van der Waals surface area (Å²) in [6, 6.07) is 0.229. The zero-order valence-corrected chi connectivity index (χ0v) is 12.4. The van der Waals surface area contributed by atoms with E-state index >= 15 is 0 Å². The molecule has 0 bridgehead atoms. The Hall–Kier alpha value is -0.940. The van der Waals surface area contributed by atoms with E-state index in [1.54, 1.807) is 6.33 Å². The molecule has 0 aliphatic carbocycles. The van der Waals surface area contributed by atoms with Crippen molar-refractivity contribution in [2.45, 2.75) is 46.3 Å². The van der Waals surface area contributed by atoms with Gasteiger partial charge in [-0.1, -0.05) is 20.8 Å². The molecule has 0 saturated heterocycles. The van der Waals surface area contributed by atoms with Crippen LogP contribution in [0.25, 0.3) is 0 Å². The fraction of sp³-hybridized carbons (Fsp3) is 0.846. The van der Waals surface area contributed by atoms with Gasteiger partial charge in [0.25, 0.3) is 0 Å². The van der Waals surface area contributed by atoms with Gasteiger partial charge < -0.3 is 10.1 Å². The van der Waals surface area contributed by atoms with Crippen molar-refractivity contribution in [1.82, 2.24) is 20.1 Å². The van der Waals surface area contributed by atoms with Gasteiger partial charge in [-0.3, -0.25) is 4.68 Å². The third-order valence-corrected chi connectivity index (χ3v) is 3.14. The lowest BCUT2D eigenvalue weighted by Gasteiger charge is -2.36. The Morgan fingerprint density at radius 3 is 2.50 bits per heavy atom. The topological polar surface area (TPSA) is 52.0 Å². The van der Waals surface area contributed by atoms with Gasteiger partial charge in [-0.15, -0.1) is 0 Å². The highest BCUT2D eigenvalue weighted by Crippen LogP contribution is 2.26. The SMILES string of the molecule is CCOC(C(Cc1ncnn1C)NC)C(C)(C)C. The smallest absolute Gasteiger partial charge is 0.138 e. The van der Waals surface area contributed by atoms with E-state index in [2.05, 4.69) is 36.2 Å². The van der Waals surface area contributed by atoms with Crippen LogP contribution < -0.4 is 5.32 Å². The fourth-order valence-electron chi connectivity index (χ4n) is 2.21. The average molecular weight is 254 g/mol. The highest BCUT2D eigenvalue weighted by molar-refractivity contribution is 4.95. The molecule has 0 aromatic carbocycles. The maximum Gasteiger partial charge on any atom is 0.138 e. The number of ether oxygens (including phenoxy) is 1. The zero-order chi connectivity index (χ0) is 13.8. The van der Waals surface area contributed by atoms with Crippen LogP contribution in [-0.2, 0) is 18.2 Å². The minimum Gasteiger partial charge on any atom is -0.376 e. The molecule has 104 valence electrons. The van der Waals surface area contributed by atoms with Crippen molar-refractivity contribution in [1.29, 1.82) is 0 Å². The van der Waals surface area contributed by atoms with Gasteiger partial charge in [0.05, 0.1) is 6.10 Å². The van der Waals surface area contributed by atoms with Gasteiger partial charge in [0.1, 0.15) is 12.2 Å². The minimum absolute atomic E-state index is 0.0856. The summed E-state index contributed by atoms with van der Waals surface area (Å²) in [6.07, 6.45) is 2.55. The third-order valence-electron chi connectivity index (χ3n) is 3.14. The molecule has 0 aliphatic rings. The number of aryl methyl sites for hydroxylation is 1. The Balaban J connectivity index is 2.83. The molecule has 1 aromatic heterocycles. The van der Waals surface area contributed by atoms with Gasteiger partial charge >= 0.3 is 0 Å². The lowest BCUT2D eigenvalue weighted by molar-refractivity contribution is -0.0345. The summed E-state index contributed by atoms with van der Waals surface area (Å²) in [4.78, 5) is 4.28. The second-order valence-corrected chi connectivity index (χ2v) is 5.64. The van der Waals surface area contributed by atoms with E-state index in [0.29, 0.717) is 0 Å². The van der Waals surface area contributed by atoms with Crippen LogP contribution in [0, 0.1) is 5.41 Å². The van der Waals surface area contributed by atoms with E-state index < -0.39 is 0 Å². The van der Waals surface area contributed by atoms with Gasteiger partial charge in [-0.25, -0.2) is 4.98 Å². The summed E-state index contributed by atoms with van der Waals surface area (Å²) in [6.45, 7) is 9.36. The number of likely N-dealkylation sites (N-methyl/N-ethyl adjacent to an activating group) is 1. The molecule has 2 unspecified atom stereocenters. The van der Waals surface area contributed by atoms with E-state index in [1.165, 1.54) is 0 Å². The van der Waals surface area contributed by atoms with Crippen LogP contribution in [0.3, 0.4) is 0 Å². The average Bonchev–Trinajstić information content (AvgIpc) is 2.67. The number of nitrogens with zero attached hydrogens (tertiary/aromatic N) is 3. The molecule has 1 aromatic rings. The first kappa shape index (κ1) is 15.1. The van der Waals surface area contributed by atoms with Crippen molar-refractivity contribution in [3.05, 3.63) is 12.2 Å². The molecule has 0 radical (unpaired) electrons. The summed E-state index contributed by atoms with van der Waals surface area (Å²) in [5.41, 5.74) is 0.0856. The minimum atomic E-state index is 0.0856. The Kier molecular flexibility index (Phi) is 5.28. The second kappa shape index (κ2) is 6.29. The number of aromatic nitrogens is 3. The van der Waals surface area contributed by atoms with Crippen LogP contribution in [0.1, 0.15) is 33.5 Å². The molecular formula is C13H26N4O. The van der Waals surface area contributed by atoms with Gasteiger partial charge in [0.2, 0.25) is 0 Å². The molecule has 1 heterocycles. The molecule has 0 spiro atoms. The van der Waals surface area contributed by atoms with Crippen molar-refractivity contribution < 1.29 is 4.74 Å². The van der Waals surface area contributed by atoms with Crippen LogP contribution in [0.15, 0.2) is 6.33 Å². The van der Waals surface area contributed by atoms with Crippen LogP contribution >= 0.6 is 0 Å². The molecule has 2 atom stereocenters. The summed E-state index contributed by atoms with van der Waals surface area (Å²) >= 11 is 0. The highest BCUT2D eigenvalue weighted by Gasteiger charge is 2.32. The first-order valence-electron chi connectivity index (χ1n) is 6.51. The molecule has 5 heteroatoms. The second-order valence-electron chi connectivity index (χ2n) is 5.64. The normalized spacial score (nSPS) is 15.7. The summed E-state index contributed by atoms with van der Waals surface area (Å²) in [7, 11) is 3.89. The summed E-state index contributed by atoms with van der Waals surface area (Å²) in [5.74, 6) is 0.975. The molecule has 0 aliphatic heterocycles. The largest absolute Gasteiger partial charge is 0.376 e. The summed E-state index contributed by atoms with van der Waals surface area (Å²) in [5, 5.41) is 7.46. The van der Waals surface area contributed by atoms with Crippen molar-refractivity contribution in [2.24, 2.45) is 12.5 Å². The van der Waals surface area contributed by atoms with Crippen molar-refractivity contribution in [3.63, 3.8) is 0 Å². The fourth-order valence-corrected chi connectivity index (χ4v) is 2.21. The first-order valence-corrected chi connectivity index (χ1v) is 6.51. The van der Waals surface area contributed by atoms with Gasteiger partial charge in [-0.05, 0) is 19.4 Å². The van der Waals surface area contributed by atoms with Gasteiger partial charge in [0.15, 0.2) is 0 Å². The maximum absolute atomic E-state index is 5.93. The van der Waals surface area contributed by atoms with Crippen LogP contribution in [-0.4, -0.2) is 40.6 Å². The molecule has 1 N–H and O–H groups in total. The van der Waals surface area contributed by atoms with Crippen LogP contribution in [0.2, 0.25) is 0 Å². The van der Waals surface area contributed by atoms with Crippen molar-refractivity contribution >= 4 is 0 Å². The van der Waals surface area contributed by atoms with E-state index in [4.69, 9.17) is 4.74 Å². The molecule has 1 rings (SSSR count). The quantitative estimate of drug-likeness (QED) is 0.833. The van der Waals surface area contributed by atoms with Crippen LogP contribution in [0.5, 0.6) is 0 Å². The Labute approximate surface area is 110 Å². The van der Waals surface area contributed by atoms with Crippen LogP contribution in [0.4, 0.5) is 0 Å². The first-order chi connectivity index (χ1) is 8.40. The lowest BCUT2D eigenvalue weighted by Crippen LogP contribution is -2.48. The highest BCUT2D eigenvalue weighted by atomic mass is 16.5. The van der Waals surface area contributed by atoms with E-state index in [0.717, 1.165) is 18.9 Å². The van der Waals surface area contributed by atoms with Crippen molar-refractivity contribution in [3.8, 4) is 0 Å².